The Hall–Kier alpha value is -0.800. The summed E-state index contributed by atoms with van der Waals surface area (Å²) in [4.78, 5) is 0. The van der Waals surface area contributed by atoms with Gasteiger partial charge in [0.2, 0.25) is 0 Å². The number of aromatic nitrogens is 1. The molecule has 0 radical (unpaired) electrons. The molecule has 0 fully saturated rings. The fourth-order valence-electron chi connectivity index (χ4n) is 2.13. The van der Waals surface area contributed by atoms with Crippen LogP contribution in [0.2, 0.25) is 0 Å². The average molecular weight is 281 g/mol. The normalized spacial score (nSPS) is 11.2. The lowest BCUT2D eigenvalue weighted by Crippen LogP contribution is -2.12. The summed E-state index contributed by atoms with van der Waals surface area (Å²) < 4.78 is 3.53. The third-order valence-electron chi connectivity index (χ3n) is 2.90. The predicted octanol–water partition coefficient (Wildman–Crippen LogP) is 3.19. The fraction of sp³-hybridized carbons (Fsp3) is 0.385. The highest BCUT2D eigenvalue weighted by Crippen LogP contribution is 2.24. The summed E-state index contributed by atoms with van der Waals surface area (Å²) in [6.07, 6.45) is 1.08. The van der Waals surface area contributed by atoms with Crippen molar-refractivity contribution in [3.05, 3.63) is 34.4 Å². The van der Waals surface area contributed by atoms with Gasteiger partial charge in [-0.2, -0.15) is 0 Å². The molecule has 0 unspecified atom stereocenters. The molecule has 86 valence electrons. The monoisotopic (exact) mass is 280 g/mol. The molecule has 0 aliphatic rings. The minimum absolute atomic E-state index is 1.03. The zero-order valence-corrected chi connectivity index (χ0v) is 11.3. The van der Waals surface area contributed by atoms with Gasteiger partial charge in [-0.3, -0.25) is 0 Å². The van der Waals surface area contributed by atoms with E-state index < -0.39 is 0 Å². The molecule has 0 bridgehead atoms. The molecule has 3 heteroatoms. The zero-order valence-electron chi connectivity index (χ0n) is 9.76. The van der Waals surface area contributed by atoms with Gasteiger partial charge in [-0.1, -0.05) is 15.9 Å². The highest BCUT2D eigenvalue weighted by atomic mass is 79.9. The minimum atomic E-state index is 1.03. The van der Waals surface area contributed by atoms with Crippen LogP contribution in [-0.2, 0) is 13.0 Å². The molecule has 2 nitrogen and oxygen atoms in total. The van der Waals surface area contributed by atoms with Gasteiger partial charge in [-0.25, -0.2) is 0 Å². The smallest absolute Gasteiger partial charge is 0.0483 e. The lowest BCUT2D eigenvalue weighted by Gasteiger charge is -2.07. The van der Waals surface area contributed by atoms with E-state index in [-0.39, 0.29) is 0 Å². The number of hydrogen-bond acceptors (Lipinski definition) is 1. The van der Waals surface area contributed by atoms with E-state index in [1.54, 1.807) is 0 Å². The van der Waals surface area contributed by atoms with E-state index in [9.17, 15) is 0 Å². The molecule has 1 aromatic heterocycles. The summed E-state index contributed by atoms with van der Waals surface area (Å²) in [5.41, 5.74) is 2.74. The Bertz CT molecular complexity index is 488. The maximum atomic E-state index is 3.52. The quantitative estimate of drug-likeness (QED) is 0.910. The number of nitrogens with zero attached hydrogens (tertiary/aromatic N) is 1. The van der Waals surface area contributed by atoms with Crippen LogP contribution in [0.25, 0.3) is 10.9 Å². The highest BCUT2D eigenvalue weighted by molar-refractivity contribution is 9.10. The van der Waals surface area contributed by atoms with E-state index >= 15 is 0 Å². The summed E-state index contributed by atoms with van der Waals surface area (Å²) in [6, 6.07) is 8.77. The molecule has 16 heavy (non-hydrogen) atoms. The van der Waals surface area contributed by atoms with Crippen molar-refractivity contribution in [3.8, 4) is 0 Å². The van der Waals surface area contributed by atoms with Gasteiger partial charge in [0.1, 0.15) is 0 Å². The second kappa shape index (κ2) is 5.02. The first kappa shape index (κ1) is 11.7. The van der Waals surface area contributed by atoms with E-state index in [1.165, 1.54) is 16.6 Å². The van der Waals surface area contributed by atoms with E-state index in [0.29, 0.717) is 0 Å². The summed E-state index contributed by atoms with van der Waals surface area (Å²) >= 11 is 3.52. The van der Waals surface area contributed by atoms with Crippen molar-refractivity contribution in [2.45, 2.75) is 19.9 Å². The van der Waals surface area contributed by atoms with Crippen molar-refractivity contribution >= 4 is 26.8 Å². The number of nitrogens with one attached hydrogen (secondary N) is 1. The average Bonchev–Trinajstić information content (AvgIpc) is 2.62. The molecule has 0 amide bonds. The number of aryl methyl sites for hydroxylation is 1. The number of likely N-dealkylation sites (N-methyl/N-ethyl adjacent to an activating group) is 1. The maximum absolute atomic E-state index is 3.52. The predicted molar refractivity (Wildman–Crippen MR) is 72.9 cm³/mol. The first-order valence-electron chi connectivity index (χ1n) is 5.68. The molecule has 2 rings (SSSR count). The fourth-order valence-corrected chi connectivity index (χ4v) is 2.51. The van der Waals surface area contributed by atoms with Crippen LogP contribution in [-0.4, -0.2) is 18.2 Å². The van der Waals surface area contributed by atoms with Gasteiger partial charge in [0.05, 0.1) is 0 Å². The molecule has 0 atom stereocenters. The largest absolute Gasteiger partial charge is 0.345 e. The lowest BCUT2D eigenvalue weighted by atomic mass is 10.2. The number of halogens is 1. The molecule has 0 saturated carbocycles. The van der Waals surface area contributed by atoms with Crippen LogP contribution in [0.1, 0.15) is 12.6 Å². The van der Waals surface area contributed by atoms with Crippen molar-refractivity contribution in [1.29, 1.82) is 0 Å². The van der Waals surface area contributed by atoms with Gasteiger partial charge >= 0.3 is 0 Å². The lowest BCUT2D eigenvalue weighted by molar-refractivity contribution is 0.700. The first-order chi connectivity index (χ1) is 7.76. The standard InChI is InChI=1S/C13H17BrN2/c1-3-16-12(6-7-15-2)9-10-8-11(14)4-5-13(10)16/h4-5,8-9,15H,3,6-7H2,1-2H3. The van der Waals surface area contributed by atoms with Crippen molar-refractivity contribution in [2.24, 2.45) is 0 Å². The second-order valence-corrected chi connectivity index (χ2v) is 4.85. The SMILES string of the molecule is CCn1c(CCNC)cc2cc(Br)ccc21. The molecule has 1 N–H and O–H groups in total. The van der Waals surface area contributed by atoms with E-state index in [4.69, 9.17) is 0 Å². The van der Waals surface area contributed by atoms with Crippen molar-refractivity contribution < 1.29 is 0 Å². The summed E-state index contributed by atoms with van der Waals surface area (Å²) in [7, 11) is 2.00. The first-order valence-corrected chi connectivity index (χ1v) is 6.48. The Kier molecular flexibility index (Phi) is 3.66. The van der Waals surface area contributed by atoms with Crippen LogP contribution in [0, 0.1) is 0 Å². The van der Waals surface area contributed by atoms with Crippen molar-refractivity contribution in [1.82, 2.24) is 9.88 Å². The third kappa shape index (κ3) is 2.15. The Morgan fingerprint density at radius 3 is 2.81 bits per heavy atom. The number of benzene rings is 1. The Morgan fingerprint density at radius 1 is 1.31 bits per heavy atom. The highest BCUT2D eigenvalue weighted by Gasteiger charge is 2.06. The van der Waals surface area contributed by atoms with Gasteiger partial charge in [0.25, 0.3) is 0 Å². The van der Waals surface area contributed by atoms with E-state index in [1.807, 2.05) is 7.05 Å². The molecule has 0 saturated heterocycles. The van der Waals surface area contributed by atoms with Crippen molar-refractivity contribution in [3.63, 3.8) is 0 Å². The van der Waals surface area contributed by atoms with Gasteiger partial charge in [0, 0.05) is 40.6 Å². The molecule has 2 aromatic rings. The van der Waals surface area contributed by atoms with E-state index in [0.717, 1.165) is 24.0 Å². The van der Waals surface area contributed by atoms with Gasteiger partial charge in [0.15, 0.2) is 0 Å². The minimum Gasteiger partial charge on any atom is -0.345 e. The summed E-state index contributed by atoms with van der Waals surface area (Å²) in [6.45, 7) is 4.26. The Morgan fingerprint density at radius 2 is 2.12 bits per heavy atom. The maximum Gasteiger partial charge on any atom is 0.0483 e. The molecule has 1 heterocycles. The van der Waals surface area contributed by atoms with Gasteiger partial charge in [-0.05, 0) is 38.2 Å². The number of fused-ring (bicyclic) bond motifs is 1. The Balaban J connectivity index is 2.48. The summed E-state index contributed by atoms with van der Waals surface area (Å²) in [5, 5.41) is 4.52. The van der Waals surface area contributed by atoms with Crippen molar-refractivity contribution in [2.75, 3.05) is 13.6 Å². The van der Waals surface area contributed by atoms with Crippen LogP contribution in [0.15, 0.2) is 28.7 Å². The molecule has 1 aromatic carbocycles. The van der Waals surface area contributed by atoms with Crippen LogP contribution >= 0.6 is 15.9 Å². The Labute approximate surface area is 105 Å². The number of rotatable bonds is 4. The zero-order chi connectivity index (χ0) is 11.5. The topological polar surface area (TPSA) is 17.0 Å². The van der Waals surface area contributed by atoms with Crippen LogP contribution in [0.5, 0.6) is 0 Å². The molecule has 0 aliphatic heterocycles. The molecular weight excluding hydrogens is 264 g/mol. The van der Waals surface area contributed by atoms with Gasteiger partial charge < -0.3 is 9.88 Å². The summed E-state index contributed by atoms with van der Waals surface area (Å²) in [5.74, 6) is 0. The van der Waals surface area contributed by atoms with E-state index in [2.05, 4.69) is 57.0 Å². The van der Waals surface area contributed by atoms with Crippen LogP contribution in [0.4, 0.5) is 0 Å². The number of hydrogen-bond donors (Lipinski definition) is 1. The molecular formula is C13H17BrN2. The van der Waals surface area contributed by atoms with Crippen LogP contribution in [0.3, 0.4) is 0 Å². The van der Waals surface area contributed by atoms with Crippen LogP contribution < -0.4 is 5.32 Å². The molecule has 0 spiro atoms. The van der Waals surface area contributed by atoms with Gasteiger partial charge in [-0.15, -0.1) is 0 Å². The molecule has 0 aliphatic carbocycles. The second-order valence-electron chi connectivity index (χ2n) is 3.94. The third-order valence-corrected chi connectivity index (χ3v) is 3.39.